The van der Waals surface area contributed by atoms with E-state index in [1.165, 1.54) is 16.5 Å². The predicted molar refractivity (Wildman–Crippen MR) is 76.4 cm³/mol. The zero-order valence-electron chi connectivity index (χ0n) is 11.4. The fourth-order valence-corrected chi connectivity index (χ4v) is 2.31. The number of pyridine rings is 1. The maximum absolute atomic E-state index is 10.5. The number of hydrogen-bond acceptors (Lipinski definition) is 2. The molecule has 0 saturated heterocycles. The molecule has 0 amide bonds. The SMILES string of the molecule is CC(C)c1cncc2cc(CCCC(=O)O)ccc12. The van der Waals surface area contributed by atoms with E-state index in [1.54, 1.807) is 0 Å². The van der Waals surface area contributed by atoms with Crippen LogP contribution in [0.5, 0.6) is 0 Å². The van der Waals surface area contributed by atoms with Gasteiger partial charge in [-0.2, -0.15) is 0 Å². The Morgan fingerprint density at radius 1 is 1.32 bits per heavy atom. The molecule has 0 aliphatic rings. The molecule has 0 saturated carbocycles. The van der Waals surface area contributed by atoms with E-state index in [-0.39, 0.29) is 6.42 Å². The second-order valence-electron chi connectivity index (χ2n) is 5.19. The lowest BCUT2D eigenvalue weighted by Crippen LogP contribution is -1.96. The number of aryl methyl sites for hydroxylation is 1. The van der Waals surface area contributed by atoms with Crippen molar-refractivity contribution in [1.29, 1.82) is 0 Å². The van der Waals surface area contributed by atoms with E-state index in [4.69, 9.17) is 5.11 Å². The highest BCUT2D eigenvalue weighted by atomic mass is 16.4. The maximum Gasteiger partial charge on any atom is 0.303 e. The van der Waals surface area contributed by atoms with Crippen LogP contribution in [0.4, 0.5) is 0 Å². The summed E-state index contributed by atoms with van der Waals surface area (Å²) in [6, 6.07) is 6.34. The third-order valence-corrected chi connectivity index (χ3v) is 3.33. The van der Waals surface area contributed by atoms with Crippen molar-refractivity contribution in [2.24, 2.45) is 0 Å². The number of carbonyl (C=O) groups is 1. The van der Waals surface area contributed by atoms with Crippen molar-refractivity contribution in [3.63, 3.8) is 0 Å². The summed E-state index contributed by atoms with van der Waals surface area (Å²) in [6.45, 7) is 4.33. The van der Waals surface area contributed by atoms with Crippen LogP contribution < -0.4 is 0 Å². The molecule has 19 heavy (non-hydrogen) atoms. The first kappa shape index (κ1) is 13.5. The summed E-state index contributed by atoms with van der Waals surface area (Å²) in [5.74, 6) is -0.279. The summed E-state index contributed by atoms with van der Waals surface area (Å²) in [5, 5.41) is 11.0. The van der Waals surface area contributed by atoms with E-state index < -0.39 is 5.97 Å². The van der Waals surface area contributed by atoms with E-state index in [1.807, 2.05) is 12.4 Å². The largest absolute Gasteiger partial charge is 0.481 e. The molecule has 0 spiro atoms. The average molecular weight is 257 g/mol. The van der Waals surface area contributed by atoms with Gasteiger partial charge < -0.3 is 5.11 Å². The van der Waals surface area contributed by atoms with E-state index >= 15 is 0 Å². The Bertz CT molecular complexity index is 590. The van der Waals surface area contributed by atoms with Crippen LogP contribution in [-0.2, 0) is 11.2 Å². The first-order valence-corrected chi connectivity index (χ1v) is 6.66. The first-order valence-electron chi connectivity index (χ1n) is 6.66. The lowest BCUT2D eigenvalue weighted by atomic mass is 9.96. The van der Waals surface area contributed by atoms with Gasteiger partial charge in [0.25, 0.3) is 0 Å². The van der Waals surface area contributed by atoms with Gasteiger partial charge in [0.15, 0.2) is 0 Å². The van der Waals surface area contributed by atoms with Crippen LogP contribution in [0.25, 0.3) is 10.8 Å². The molecule has 0 atom stereocenters. The minimum atomic E-state index is -0.732. The Kier molecular flexibility index (Phi) is 4.15. The number of carboxylic acid groups (broad SMARTS) is 1. The normalized spacial score (nSPS) is 11.1. The molecule has 3 nitrogen and oxygen atoms in total. The van der Waals surface area contributed by atoms with Crippen molar-refractivity contribution in [3.05, 3.63) is 41.7 Å². The molecule has 1 aromatic carbocycles. The highest BCUT2D eigenvalue weighted by Gasteiger charge is 2.06. The maximum atomic E-state index is 10.5. The van der Waals surface area contributed by atoms with Crippen LogP contribution in [-0.4, -0.2) is 16.1 Å². The summed E-state index contributed by atoms with van der Waals surface area (Å²) in [5.41, 5.74) is 2.44. The molecule has 0 aliphatic carbocycles. The Hall–Kier alpha value is -1.90. The minimum Gasteiger partial charge on any atom is -0.481 e. The molecule has 0 radical (unpaired) electrons. The third kappa shape index (κ3) is 3.31. The number of aliphatic carboxylic acids is 1. The summed E-state index contributed by atoms with van der Waals surface area (Å²) in [6.07, 6.45) is 5.51. The summed E-state index contributed by atoms with van der Waals surface area (Å²) in [7, 11) is 0. The highest BCUT2D eigenvalue weighted by Crippen LogP contribution is 2.25. The van der Waals surface area contributed by atoms with Crippen molar-refractivity contribution < 1.29 is 9.90 Å². The van der Waals surface area contributed by atoms with Gasteiger partial charge >= 0.3 is 5.97 Å². The second kappa shape index (κ2) is 5.83. The zero-order chi connectivity index (χ0) is 13.8. The molecule has 0 bridgehead atoms. The van der Waals surface area contributed by atoms with Crippen molar-refractivity contribution in [2.75, 3.05) is 0 Å². The number of aromatic nitrogens is 1. The van der Waals surface area contributed by atoms with E-state index in [2.05, 4.69) is 37.0 Å². The van der Waals surface area contributed by atoms with Crippen LogP contribution in [0.15, 0.2) is 30.6 Å². The number of benzene rings is 1. The minimum absolute atomic E-state index is 0.225. The molecule has 2 aromatic rings. The smallest absolute Gasteiger partial charge is 0.303 e. The molecule has 1 aromatic heterocycles. The topological polar surface area (TPSA) is 50.2 Å². The van der Waals surface area contributed by atoms with Crippen LogP contribution in [0, 0.1) is 0 Å². The van der Waals surface area contributed by atoms with Gasteiger partial charge in [0.05, 0.1) is 0 Å². The van der Waals surface area contributed by atoms with Gasteiger partial charge in [-0.05, 0) is 41.3 Å². The zero-order valence-corrected chi connectivity index (χ0v) is 11.4. The average Bonchev–Trinajstić information content (AvgIpc) is 2.37. The number of rotatable bonds is 5. The molecule has 1 N–H and O–H groups in total. The second-order valence-corrected chi connectivity index (χ2v) is 5.19. The van der Waals surface area contributed by atoms with Crippen molar-refractivity contribution in [3.8, 4) is 0 Å². The molecule has 1 heterocycles. The first-order chi connectivity index (χ1) is 9.08. The number of hydrogen-bond donors (Lipinski definition) is 1. The van der Waals surface area contributed by atoms with E-state index in [9.17, 15) is 4.79 Å². The van der Waals surface area contributed by atoms with Crippen LogP contribution in [0.3, 0.4) is 0 Å². The predicted octanol–water partition coefficient (Wildman–Crippen LogP) is 3.77. The van der Waals surface area contributed by atoms with Crippen LogP contribution >= 0.6 is 0 Å². The molecular weight excluding hydrogens is 238 g/mol. The van der Waals surface area contributed by atoms with Gasteiger partial charge in [0.1, 0.15) is 0 Å². The molecule has 0 aliphatic heterocycles. The molecule has 3 heteroatoms. The van der Waals surface area contributed by atoms with E-state index in [0.29, 0.717) is 12.3 Å². The Morgan fingerprint density at radius 2 is 2.11 bits per heavy atom. The van der Waals surface area contributed by atoms with Gasteiger partial charge in [-0.25, -0.2) is 0 Å². The summed E-state index contributed by atoms with van der Waals surface area (Å²) < 4.78 is 0. The van der Waals surface area contributed by atoms with Gasteiger partial charge in [0.2, 0.25) is 0 Å². The van der Waals surface area contributed by atoms with E-state index in [0.717, 1.165) is 11.8 Å². The molecule has 100 valence electrons. The Labute approximate surface area is 113 Å². The number of nitrogens with zero attached hydrogens (tertiary/aromatic N) is 1. The Balaban J connectivity index is 2.24. The monoisotopic (exact) mass is 257 g/mol. The number of fused-ring (bicyclic) bond motifs is 1. The van der Waals surface area contributed by atoms with Crippen molar-refractivity contribution in [1.82, 2.24) is 4.98 Å². The van der Waals surface area contributed by atoms with Gasteiger partial charge in [-0.1, -0.05) is 26.0 Å². The lowest BCUT2D eigenvalue weighted by Gasteiger charge is -2.10. The van der Waals surface area contributed by atoms with Gasteiger partial charge in [0, 0.05) is 24.2 Å². The summed E-state index contributed by atoms with van der Waals surface area (Å²) in [4.78, 5) is 14.8. The number of carboxylic acids is 1. The molecule has 0 unspecified atom stereocenters. The van der Waals surface area contributed by atoms with Crippen molar-refractivity contribution >= 4 is 16.7 Å². The lowest BCUT2D eigenvalue weighted by molar-refractivity contribution is -0.137. The van der Waals surface area contributed by atoms with Crippen LogP contribution in [0.2, 0.25) is 0 Å². The van der Waals surface area contributed by atoms with Gasteiger partial charge in [-0.15, -0.1) is 0 Å². The van der Waals surface area contributed by atoms with Crippen molar-refractivity contribution in [2.45, 2.75) is 39.0 Å². The summed E-state index contributed by atoms with van der Waals surface area (Å²) >= 11 is 0. The standard InChI is InChI=1S/C16H19NO2/c1-11(2)15-10-17-9-13-8-12(6-7-14(13)15)4-3-5-16(18)19/h6-11H,3-5H2,1-2H3,(H,18,19). The molecular formula is C16H19NO2. The van der Waals surface area contributed by atoms with Gasteiger partial charge in [-0.3, -0.25) is 9.78 Å². The third-order valence-electron chi connectivity index (χ3n) is 3.33. The fraction of sp³-hybridized carbons (Fsp3) is 0.375. The Morgan fingerprint density at radius 3 is 2.79 bits per heavy atom. The molecule has 0 fully saturated rings. The molecule has 2 rings (SSSR count). The quantitative estimate of drug-likeness (QED) is 0.887. The highest BCUT2D eigenvalue weighted by molar-refractivity contribution is 5.85. The fourth-order valence-electron chi connectivity index (χ4n) is 2.31. The van der Waals surface area contributed by atoms with Crippen LogP contribution in [0.1, 0.15) is 43.7 Å².